The van der Waals surface area contributed by atoms with E-state index in [0.717, 1.165) is 44.1 Å². The first-order valence-corrected chi connectivity index (χ1v) is 52.7. The molecule has 2 aliphatic rings. The van der Waals surface area contributed by atoms with Gasteiger partial charge in [0.2, 0.25) is 88.6 Å². The number of nitrogens with one attached hydrogen (secondary N) is 15. The Balaban J connectivity index is 1.04. The molecule has 6 rings (SSSR count). The molecule has 21 N–H and O–H groups in total. The van der Waals surface area contributed by atoms with Crippen LogP contribution in [0.2, 0.25) is 0 Å². The number of unbranched alkanes of at least 4 members (excludes halogenated alkanes) is 8. The van der Waals surface area contributed by atoms with E-state index in [0.29, 0.717) is 87.8 Å². The molecule has 41 nitrogen and oxygen atoms in total. The number of primary amides is 1. The molecule has 0 bridgehead atoms. The van der Waals surface area contributed by atoms with Crippen molar-refractivity contribution >= 4 is 116 Å². The van der Waals surface area contributed by atoms with Crippen molar-refractivity contribution in [3.05, 3.63) is 126 Å². The number of amides is 15. The molecule has 0 spiro atoms. The molecular formula is C100H155N19O22S2. The normalized spacial score (nSPS) is 16.8. The number of H-pyrrole nitrogens is 1. The third kappa shape index (κ3) is 48.4. The third-order valence-corrected chi connectivity index (χ3v) is 26.6. The molecule has 3 heterocycles. The fourth-order valence-corrected chi connectivity index (χ4v) is 18.6. The second-order valence-corrected chi connectivity index (χ2v) is 39.0. The molecule has 43 heteroatoms. The number of nitrogens with two attached hydrogens (primary N) is 2. The minimum absolute atomic E-state index is 0.00100. The monoisotopic (exact) mass is 2040 g/mol. The highest BCUT2D eigenvalue weighted by molar-refractivity contribution is 8.76. The number of hydrogen-bond donors (Lipinski definition) is 19. The number of likely N-dealkylation sites (tertiary alicyclic amines) is 1. The fraction of sp³-hybridized carbons (Fsp3) is 0.630. The molecule has 143 heavy (non-hydrogen) atoms. The molecule has 4 aromatic rings. The number of benzene rings is 3. The summed E-state index contributed by atoms with van der Waals surface area (Å²) in [6.07, 6.45) is 11.5. The summed E-state index contributed by atoms with van der Waals surface area (Å²) in [5.74, 6) is -11.2. The Hall–Kier alpha value is -11.2. The van der Waals surface area contributed by atoms with Crippen molar-refractivity contribution in [2.45, 2.75) is 281 Å². The third-order valence-electron chi connectivity index (χ3n) is 24.1. The van der Waals surface area contributed by atoms with Crippen LogP contribution in [0.1, 0.15) is 218 Å². The van der Waals surface area contributed by atoms with Crippen LogP contribution < -0.4 is 85.9 Å². The van der Waals surface area contributed by atoms with Gasteiger partial charge in [0.1, 0.15) is 61.5 Å². The lowest BCUT2D eigenvalue weighted by Crippen LogP contribution is -2.62. The molecule has 0 aliphatic carbocycles. The van der Waals surface area contributed by atoms with Gasteiger partial charge in [-0.2, -0.15) is 0 Å². The zero-order valence-electron chi connectivity index (χ0n) is 83.6. The molecule has 1 aromatic heterocycles. The smallest absolute Gasteiger partial charge is 0.303 e. The number of carboxylic acid groups (broad SMARTS) is 1. The van der Waals surface area contributed by atoms with E-state index >= 15 is 14.4 Å². The molecule has 2 aliphatic heterocycles. The highest BCUT2D eigenvalue weighted by Crippen LogP contribution is 2.33. The Morgan fingerprint density at radius 2 is 1.06 bits per heavy atom. The van der Waals surface area contributed by atoms with E-state index in [-0.39, 0.29) is 171 Å². The van der Waals surface area contributed by atoms with Crippen LogP contribution >= 0.6 is 21.6 Å². The maximum Gasteiger partial charge on any atom is 0.303 e. The fourth-order valence-electron chi connectivity index (χ4n) is 16.2. The van der Waals surface area contributed by atoms with Crippen LogP contribution in [0.4, 0.5) is 0 Å². The minimum Gasteiger partial charge on any atom is -0.481 e. The number of imidazole rings is 1. The second kappa shape index (κ2) is 69.7. The second-order valence-electron chi connectivity index (χ2n) is 36.5. The maximum atomic E-state index is 16.0. The predicted molar refractivity (Wildman–Crippen MR) is 541 cm³/mol. The Kier molecular flexibility index (Phi) is 58.7. The summed E-state index contributed by atoms with van der Waals surface area (Å²) in [5.41, 5.74) is 13.8. The lowest BCUT2D eigenvalue weighted by molar-refractivity contribution is -0.142. The van der Waals surface area contributed by atoms with Crippen molar-refractivity contribution in [2.24, 2.45) is 23.3 Å². The highest BCUT2D eigenvalue weighted by atomic mass is 33.1. The van der Waals surface area contributed by atoms with E-state index in [4.69, 9.17) is 30.4 Å². The van der Waals surface area contributed by atoms with Crippen LogP contribution in [-0.2, 0) is 109 Å². The number of aromatic amines is 1. The molecule has 2 fully saturated rings. The van der Waals surface area contributed by atoms with Crippen LogP contribution in [0.3, 0.4) is 0 Å². The number of carboxylic acids is 1. The van der Waals surface area contributed by atoms with Gasteiger partial charge < -0.3 is 125 Å². The van der Waals surface area contributed by atoms with Gasteiger partial charge in [-0.25, -0.2) is 4.98 Å². The number of ether oxygens (including phenoxy) is 4. The number of carbonyl (C=O) groups is 16. The van der Waals surface area contributed by atoms with E-state index in [1.165, 1.54) is 58.8 Å². The van der Waals surface area contributed by atoms with Gasteiger partial charge in [0.05, 0.1) is 64.2 Å². The molecule has 15 amide bonds. The number of carbonyl (C=O) groups excluding carboxylic acids is 15. The highest BCUT2D eigenvalue weighted by Gasteiger charge is 2.45. The lowest BCUT2D eigenvalue weighted by atomic mass is 9.84. The van der Waals surface area contributed by atoms with Crippen LogP contribution in [0.25, 0.3) is 0 Å². The molecule has 0 saturated carbocycles. The average molecular weight is 2040 g/mol. The summed E-state index contributed by atoms with van der Waals surface area (Å²) in [4.78, 5) is 229. The standard InChI is InChI=1S/C100H155N19O22S2/c1-7-9-10-11-22-39-81(121)104-44-27-15-23-40-82(122)106-46-49-138-51-54-141-62-86(126)107-47-50-139-52-53-140-61-85(125)105-45-28-25-37-76(93(130)114-75(92(102)129)36-24-26-43-101)112-84(124)58-72(56-69-30-16-12-17-31-69)110-96(133)79-64-143-142-63-74(60-108-89(67(5)8-2)98(135)116-79)111-97(134)80-38-29-48-119(80)100(137)91(88(70-32-18-13-19-33-70)71-34-20-14-21-35-71)118-95(132)78(57-73-59-103-65-109-73)115-99(136)90(68(6)120)117-94(131)77(41-42-87(127)128)113-83(123)55-66(3)4/h12-14,16-21,30-35,59,65-68,72,74-80,88-91,108,120H,7-11,15,22-29,36-58,60-64,101H2,1-6H3,(H2,102,129)(H,103,109)(H,104,121)(H,105,125)(H,106,122)(H,107,126)(H,110,133)(H,111,134)(H,112,124)(H,113,123)(H,114,130)(H,115,136)(H,116,135)(H,117,131)(H,118,132)(H,127,128)/t67-,68+,72-,74+,75+,76-,77-,78-,79-,80-,89-,90-,91-/m0/s1. The first-order valence-electron chi connectivity index (χ1n) is 50.3. The van der Waals surface area contributed by atoms with Gasteiger partial charge in [-0.1, -0.05) is 186 Å². The van der Waals surface area contributed by atoms with Gasteiger partial charge in [0.15, 0.2) is 0 Å². The number of hydrogen-bond acceptors (Lipinski definition) is 26. The van der Waals surface area contributed by atoms with Gasteiger partial charge in [-0.15, -0.1) is 0 Å². The van der Waals surface area contributed by atoms with Crippen LogP contribution in [0, 0.1) is 11.8 Å². The van der Waals surface area contributed by atoms with Crippen molar-refractivity contribution in [3.63, 3.8) is 0 Å². The summed E-state index contributed by atoms with van der Waals surface area (Å²) < 4.78 is 21.9. The van der Waals surface area contributed by atoms with Crippen molar-refractivity contribution in [2.75, 3.05) is 110 Å². The van der Waals surface area contributed by atoms with E-state index in [1.54, 1.807) is 86.6 Å². The Bertz CT molecular complexity index is 4480. The number of nitrogens with zero attached hydrogens (tertiary/aromatic N) is 2. The zero-order chi connectivity index (χ0) is 104. The lowest BCUT2D eigenvalue weighted by Gasteiger charge is -2.35. The quantitative estimate of drug-likeness (QED) is 0.0223. The van der Waals surface area contributed by atoms with Crippen molar-refractivity contribution in [3.8, 4) is 0 Å². The topological polar surface area (TPSA) is 603 Å². The number of rotatable bonds is 70. The Morgan fingerprint density at radius 1 is 0.531 bits per heavy atom. The molecule has 0 unspecified atom stereocenters. The van der Waals surface area contributed by atoms with E-state index < -0.39 is 162 Å². The first-order chi connectivity index (χ1) is 68.9. The van der Waals surface area contributed by atoms with Gasteiger partial charge >= 0.3 is 5.97 Å². The summed E-state index contributed by atoms with van der Waals surface area (Å²) >= 11 is 0. The van der Waals surface area contributed by atoms with Crippen LogP contribution in [0.15, 0.2) is 104 Å². The van der Waals surface area contributed by atoms with E-state index in [2.05, 4.69) is 91.3 Å². The van der Waals surface area contributed by atoms with Gasteiger partial charge in [0.25, 0.3) is 0 Å². The minimum atomic E-state index is -1.78. The SMILES string of the molecule is CCCCCCCC(=O)NCCCCCC(=O)NCCOCCOCC(=O)NCCOCCOCC(=O)NCCCC[C@H](NC(=O)C[C@H](Cc1ccccc1)NC(=O)[C@@H]1CSSC[C@H](NC(=O)[C@@H]2CCCN2C(=O)[C@@H](NC(=O)[C@H](Cc2cnc[nH]2)NC(=O)[C@@H](NC(=O)[C@H](CCC(=O)O)NC(=O)CC(C)C)[C@@H](C)O)C(c2ccccc2)c2ccccc2)CN[C@@H]([C@@H](C)CC)C(=O)N1)C(=O)N[C@H](CCCCN)C(N)=O. The molecule has 3 aromatic carbocycles. The Morgan fingerprint density at radius 3 is 1.65 bits per heavy atom. The molecule has 2 saturated heterocycles. The van der Waals surface area contributed by atoms with E-state index in [9.17, 15) is 72.5 Å². The predicted octanol–water partition coefficient (Wildman–Crippen LogP) is 2.70. The number of aromatic nitrogens is 2. The van der Waals surface area contributed by atoms with Crippen molar-refractivity contribution < 1.29 is 106 Å². The van der Waals surface area contributed by atoms with Crippen molar-refractivity contribution in [1.29, 1.82) is 0 Å². The number of aliphatic hydroxyl groups is 1. The summed E-state index contributed by atoms with van der Waals surface area (Å²) in [5, 5.41) is 60.6. The van der Waals surface area contributed by atoms with Gasteiger partial charge in [0, 0.05) is 113 Å². The average Bonchev–Trinajstić information content (AvgIpc) is 1.72. The summed E-state index contributed by atoms with van der Waals surface area (Å²) in [7, 11) is 2.56. The maximum absolute atomic E-state index is 16.0. The zero-order valence-corrected chi connectivity index (χ0v) is 85.2. The van der Waals surface area contributed by atoms with Gasteiger partial charge in [-0.05, 0) is 125 Å². The van der Waals surface area contributed by atoms with E-state index in [1.807, 2.05) is 32.0 Å². The largest absolute Gasteiger partial charge is 0.481 e. The van der Waals surface area contributed by atoms with Crippen molar-refractivity contribution in [1.82, 2.24) is 89.3 Å². The molecule has 13 atom stereocenters. The summed E-state index contributed by atoms with van der Waals surface area (Å²) in [6.45, 7) is 13.0. The molecule has 794 valence electrons. The number of aliphatic carboxylic acids is 1. The summed E-state index contributed by atoms with van der Waals surface area (Å²) in [6, 6.07) is 13.4. The van der Waals surface area contributed by atoms with Gasteiger partial charge in [-0.3, -0.25) is 76.7 Å². The first kappa shape index (κ1) is 121. The molecule has 0 radical (unpaired) electrons. The number of aliphatic hydroxyl groups excluding tert-OH is 1. The van der Waals surface area contributed by atoms with Crippen LogP contribution in [-0.4, -0.2) is 302 Å². The molecular weight excluding hydrogens is 1880 g/mol. The Labute approximate surface area is 846 Å². The van der Waals surface area contributed by atoms with Crippen LogP contribution in [0.5, 0.6) is 0 Å².